The van der Waals surface area contributed by atoms with E-state index < -0.39 is 0 Å². The summed E-state index contributed by atoms with van der Waals surface area (Å²) in [6.45, 7) is 8.86. The average Bonchev–Trinajstić information content (AvgIpc) is 2.47. The van der Waals surface area contributed by atoms with Crippen molar-refractivity contribution in [2.45, 2.75) is 59.3 Å². The second kappa shape index (κ2) is 9.59. The fourth-order valence-electron chi connectivity index (χ4n) is 2.25. The Morgan fingerprint density at radius 3 is 2.00 bits per heavy atom. The first-order valence-corrected chi connectivity index (χ1v) is 8.42. The first kappa shape index (κ1) is 17.7. The Morgan fingerprint density at radius 2 is 1.52 bits per heavy atom. The predicted octanol–water partition coefficient (Wildman–Crippen LogP) is 3.90. The highest BCUT2D eigenvalue weighted by atomic mass is 15.3. The number of rotatable bonds is 10. The predicted molar refractivity (Wildman–Crippen MR) is 92.4 cm³/mol. The van der Waals surface area contributed by atoms with Gasteiger partial charge in [-0.2, -0.15) is 4.98 Å². The van der Waals surface area contributed by atoms with Crippen LogP contribution in [0.3, 0.4) is 0 Å². The van der Waals surface area contributed by atoms with Crippen LogP contribution < -0.4 is 9.80 Å². The second-order valence-electron chi connectivity index (χ2n) is 5.86. The summed E-state index contributed by atoms with van der Waals surface area (Å²) in [4.78, 5) is 13.8. The number of aryl methyl sites for hydroxylation is 1. The van der Waals surface area contributed by atoms with Crippen molar-refractivity contribution in [1.29, 1.82) is 0 Å². The normalized spacial score (nSPS) is 10.7. The Balaban J connectivity index is 3.02. The van der Waals surface area contributed by atoms with E-state index in [2.05, 4.69) is 36.7 Å². The van der Waals surface area contributed by atoms with Crippen LogP contribution in [0.5, 0.6) is 0 Å². The molecule has 0 aliphatic carbocycles. The number of aromatic nitrogens is 2. The van der Waals surface area contributed by atoms with E-state index in [9.17, 15) is 0 Å². The summed E-state index contributed by atoms with van der Waals surface area (Å²) in [5.74, 6) is 1.92. The monoisotopic (exact) mass is 292 g/mol. The molecule has 0 fully saturated rings. The third kappa shape index (κ3) is 5.90. The van der Waals surface area contributed by atoms with Crippen LogP contribution in [-0.2, 0) is 6.42 Å². The van der Waals surface area contributed by atoms with Crippen molar-refractivity contribution < 1.29 is 0 Å². The number of anilines is 2. The highest BCUT2D eigenvalue weighted by Crippen LogP contribution is 2.19. The van der Waals surface area contributed by atoms with Gasteiger partial charge in [-0.15, -0.1) is 0 Å². The SMILES string of the molecule is CCCCN(CCCC)c1cc(CCC)nc(N(C)C)n1. The number of hydrogen-bond acceptors (Lipinski definition) is 4. The zero-order chi connectivity index (χ0) is 15.7. The van der Waals surface area contributed by atoms with E-state index in [1.165, 1.54) is 25.7 Å². The lowest BCUT2D eigenvalue weighted by atomic mass is 10.2. The van der Waals surface area contributed by atoms with Crippen molar-refractivity contribution in [3.05, 3.63) is 11.8 Å². The van der Waals surface area contributed by atoms with Gasteiger partial charge in [0, 0.05) is 38.9 Å². The smallest absolute Gasteiger partial charge is 0.227 e. The summed E-state index contributed by atoms with van der Waals surface area (Å²) >= 11 is 0. The molecule has 0 unspecified atom stereocenters. The molecule has 4 nitrogen and oxygen atoms in total. The molecule has 0 aliphatic heterocycles. The van der Waals surface area contributed by atoms with Gasteiger partial charge in [-0.25, -0.2) is 4.98 Å². The molecule has 0 aliphatic rings. The van der Waals surface area contributed by atoms with E-state index in [-0.39, 0.29) is 0 Å². The Morgan fingerprint density at radius 1 is 0.905 bits per heavy atom. The summed E-state index contributed by atoms with van der Waals surface area (Å²) in [6, 6.07) is 2.18. The van der Waals surface area contributed by atoms with Crippen LogP contribution in [0.15, 0.2) is 6.07 Å². The molecule has 1 rings (SSSR count). The maximum atomic E-state index is 4.76. The Kier molecular flexibility index (Phi) is 8.09. The molecule has 0 saturated carbocycles. The Hall–Kier alpha value is -1.32. The molecule has 21 heavy (non-hydrogen) atoms. The van der Waals surface area contributed by atoms with Gasteiger partial charge >= 0.3 is 0 Å². The largest absolute Gasteiger partial charge is 0.356 e. The van der Waals surface area contributed by atoms with Gasteiger partial charge in [0.1, 0.15) is 5.82 Å². The van der Waals surface area contributed by atoms with Crippen molar-refractivity contribution in [1.82, 2.24) is 9.97 Å². The summed E-state index contributed by atoms with van der Waals surface area (Å²) in [5, 5.41) is 0. The molecule has 1 heterocycles. The Labute approximate surface area is 130 Å². The first-order chi connectivity index (χ1) is 10.1. The van der Waals surface area contributed by atoms with Gasteiger partial charge in [0.15, 0.2) is 0 Å². The quantitative estimate of drug-likeness (QED) is 0.654. The minimum atomic E-state index is 0.828. The van der Waals surface area contributed by atoms with Gasteiger partial charge in [-0.1, -0.05) is 40.0 Å². The Bertz CT molecular complexity index is 396. The van der Waals surface area contributed by atoms with E-state index in [0.29, 0.717) is 0 Å². The maximum Gasteiger partial charge on any atom is 0.227 e. The minimum absolute atomic E-state index is 0.828. The molecule has 0 radical (unpaired) electrons. The van der Waals surface area contributed by atoms with Crippen LogP contribution in [0.2, 0.25) is 0 Å². The van der Waals surface area contributed by atoms with E-state index in [0.717, 1.165) is 43.4 Å². The van der Waals surface area contributed by atoms with Crippen LogP contribution in [0.4, 0.5) is 11.8 Å². The van der Waals surface area contributed by atoms with Gasteiger partial charge in [0.2, 0.25) is 5.95 Å². The zero-order valence-corrected chi connectivity index (χ0v) is 14.5. The molecule has 0 atom stereocenters. The molecule has 0 amide bonds. The topological polar surface area (TPSA) is 32.3 Å². The fourth-order valence-corrected chi connectivity index (χ4v) is 2.25. The molecule has 0 spiro atoms. The van der Waals surface area contributed by atoms with Gasteiger partial charge < -0.3 is 9.80 Å². The maximum absolute atomic E-state index is 4.76. The molecule has 120 valence electrons. The van der Waals surface area contributed by atoms with E-state index >= 15 is 0 Å². The molecule has 4 heteroatoms. The summed E-state index contributed by atoms with van der Waals surface area (Å²) in [6.07, 6.45) is 7.01. The van der Waals surface area contributed by atoms with Gasteiger partial charge in [-0.3, -0.25) is 0 Å². The standard InChI is InChI=1S/C17H32N4/c1-6-9-12-21(13-10-7-2)16-14-15(11-8-3)18-17(19-16)20(4)5/h14H,6-13H2,1-5H3. The van der Waals surface area contributed by atoms with Gasteiger partial charge in [0.05, 0.1) is 0 Å². The fraction of sp³-hybridized carbons (Fsp3) is 0.765. The van der Waals surface area contributed by atoms with E-state index in [1.54, 1.807) is 0 Å². The van der Waals surface area contributed by atoms with Crippen molar-refractivity contribution in [2.75, 3.05) is 37.0 Å². The van der Waals surface area contributed by atoms with E-state index in [1.807, 2.05) is 19.0 Å². The third-order valence-corrected chi connectivity index (χ3v) is 3.55. The van der Waals surface area contributed by atoms with Crippen LogP contribution in [-0.4, -0.2) is 37.2 Å². The van der Waals surface area contributed by atoms with E-state index in [4.69, 9.17) is 4.98 Å². The molecule has 0 N–H and O–H groups in total. The van der Waals surface area contributed by atoms with Crippen LogP contribution >= 0.6 is 0 Å². The first-order valence-electron chi connectivity index (χ1n) is 8.42. The molecule has 0 bridgehead atoms. The van der Waals surface area contributed by atoms with Crippen LogP contribution in [0, 0.1) is 0 Å². The lowest BCUT2D eigenvalue weighted by Crippen LogP contribution is -2.28. The van der Waals surface area contributed by atoms with Crippen LogP contribution in [0.25, 0.3) is 0 Å². The third-order valence-electron chi connectivity index (χ3n) is 3.55. The highest BCUT2D eigenvalue weighted by Gasteiger charge is 2.12. The summed E-state index contributed by atoms with van der Waals surface area (Å²) in [5.41, 5.74) is 1.16. The molecular weight excluding hydrogens is 260 g/mol. The minimum Gasteiger partial charge on any atom is -0.356 e. The molecule has 0 aromatic carbocycles. The summed E-state index contributed by atoms with van der Waals surface area (Å²) < 4.78 is 0. The summed E-state index contributed by atoms with van der Waals surface area (Å²) in [7, 11) is 4.02. The van der Waals surface area contributed by atoms with Crippen molar-refractivity contribution in [3.63, 3.8) is 0 Å². The molecule has 1 aromatic rings. The van der Waals surface area contributed by atoms with Crippen molar-refractivity contribution in [3.8, 4) is 0 Å². The average molecular weight is 292 g/mol. The van der Waals surface area contributed by atoms with Gasteiger partial charge in [0.25, 0.3) is 0 Å². The molecule has 1 aromatic heterocycles. The van der Waals surface area contributed by atoms with Crippen molar-refractivity contribution in [2.24, 2.45) is 0 Å². The zero-order valence-electron chi connectivity index (χ0n) is 14.5. The lowest BCUT2D eigenvalue weighted by Gasteiger charge is -2.25. The second-order valence-corrected chi connectivity index (χ2v) is 5.86. The lowest BCUT2D eigenvalue weighted by molar-refractivity contribution is 0.668. The van der Waals surface area contributed by atoms with Gasteiger partial charge in [-0.05, 0) is 19.3 Å². The number of nitrogens with zero attached hydrogens (tertiary/aromatic N) is 4. The molecular formula is C17H32N4. The van der Waals surface area contributed by atoms with Crippen molar-refractivity contribution >= 4 is 11.8 Å². The highest BCUT2D eigenvalue weighted by molar-refractivity contribution is 5.45. The molecule has 0 saturated heterocycles. The number of hydrogen-bond donors (Lipinski definition) is 0. The number of unbranched alkanes of at least 4 members (excludes halogenated alkanes) is 2. The van der Waals surface area contributed by atoms with Crippen LogP contribution in [0.1, 0.15) is 58.6 Å².